The molecule has 2 aromatic carbocycles. The molecular weight excluding hydrogens is 420 g/mol. The molecule has 0 aromatic heterocycles. The fraction of sp³-hybridized carbons (Fsp3) is 0.333. The highest BCUT2D eigenvalue weighted by molar-refractivity contribution is 9.10. The third kappa shape index (κ3) is 4.37. The van der Waals surface area contributed by atoms with Gasteiger partial charge in [-0.2, -0.15) is 4.31 Å². The van der Waals surface area contributed by atoms with Gasteiger partial charge in [-0.15, -0.1) is 0 Å². The van der Waals surface area contributed by atoms with Crippen LogP contribution in [0.5, 0.6) is 5.75 Å². The highest BCUT2D eigenvalue weighted by Crippen LogP contribution is 2.25. The predicted octanol–water partition coefficient (Wildman–Crippen LogP) is 3.09. The molecule has 2 aromatic rings. The first-order valence-electron chi connectivity index (χ1n) is 8.25. The smallest absolute Gasteiger partial charge is 0.243 e. The molecule has 0 bridgehead atoms. The van der Waals surface area contributed by atoms with Crippen LogP contribution in [0.25, 0.3) is 0 Å². The van der Waals surface area contributed by atoms with E-state index in [4.69, 9.17) is 9.47 Å². The maximum absolute atomic E-state index is 12.8. The number of sulfonamides is 1. The minimum atomic E-state index is -3.51. The van der Waals surface area contributed by atoms with Gasteiger partial charge < -0.3 is 14.8 Å². The summed E-state index contributed by atoms with van der Waals surface area (Å²) in [6.07, 6.45) is 0. The molecule has 26 heavy (non-hydrogen) atoms. The summed E-state index contributed by atoms with van der Waals surface area (Å²) in [7, 11) is -1.88. The fourth-order valence-corrected chi connectivity index (χ4v) is 4.65. The molecule has 1 fully saturated rings. The summed E-state index contributed by atoms with van der Waals surface area (Å²) < 4.78 is 38.6. The van der Waals surface area contributed by atoms with Gasteiger partial charge in [0.05, 0.1) is 25.2 Å². The molecule has 1 aliphatic rings. The maximum Gasteiger partial charge on any atom is 0.243 e. The Bertz CT molecular complexity index is 867. The van der Waals surface area contributed by atoms with E-state index in [1.807, 2.05) is 24.3 Å². The number of morpholine rings is 1. The number of nitrogens with one attached hydrogen (secondary N) is 1. The Balaban J connectivity index is 1.76. The minimum absolute atomic E-state index is 0.283. The second kappa shape index (κ2) is 8.39. The van der Waals surface area contributed by atoms with Crippen LogP contribution in [-0.4, -0.2) is 46.1 Å². The zero-order valence-electron chi connectivity index (χ0n) is 14.4. The SMILES string of the molecule is COc1ccc(Br)cc1CNc1cccc(S(=O)(=O)N2CCOCC2)c1. The van der Waals surface area contributed by atoms with Crippen LogP contribution in [0.1, 0.15) is 5.56 Å². The first-order valence-corrected chi connectivity index (χ1v) is 10.5. The van der Waals surface area contributed by atoms with Crippen molar-refractivity contribution in [1.29, 1.82) is 0 Å². The van der Waals surface area contributed by atoms with Gasteiger partial charge in [-0.05, 0) is 36.4 Å². The van der Waals surface area contributed by atoms with Crippen LogP contribution >= 0.6 is 15.9 Å². The number of anilines is 1. The summed E-state index contributed by atoms with van der Waals surface area (Å²) in [4.78, 5) is 0.283. The van der Waals surface area contributed by atoms with Crippen LogP contribution < -0.4 is 10.1 Å². The Morgan fingerprint density at radius 2 is 1.96 bits per heavy atom. The zero-order chi connectivity index (χ0) is 18.6. The van der Waals surface area contributed by atoms with Gasteiger partial charge in [-0.25, -0.2) is 8.42 Å². The van der Waals surface area contributed by atoms with Gasteiger partial charge in [-0.3, -0.25) is 0 Å². The second-order valence-electron chi connectivity index (χ2n) is 5.85. The molecule has 0 saturated carbocycles. The van der Waals surface area contributed by atoms with E-state index in [0.717, 1.165) is 21.5 Å². The number of halogens is 1. The molecule has 0 amide bonds. The van der Waals surface area contributed by atoms with Crippen molar-refractivity contribution in [1.82, 2.24) is 4.31 Å². The number of hydrogen-bond acceptors (Lipinski definition) is 5. The van der Waals surface area contributed by atoms with Crippen molar-refractivity contribution in [3.8, 4) is 5.75 Å². The molecule has 0 atom stereocenters. The lowest BCUT2D eigenvalue weighted by Gasteiger charge is -2.26. The first kappa shape index (κ1) is 19.2. The van der Waals surface area contributed by atoms with Crippen LogP contribution in [0.15, 0.2) is 51.8 Å². The van der Waals surface area contributed by atoms with Gasteiger partial charge in [0.15, 0.2) is 0 Å². The van der Waals surface area contributed by atoms with Gasteiger partial charge >= 0.3 is 0 Å². The standard InChI is InChI=1S/C18H21BrN2O4S/c1-24-18-6-5-15(19)11-14(18)13-20-16-3-2-4-17(12-16)26(22,23)21-7-9-25-10-8-21/h2-6,11-12,20H,7-10,13H2,1H3. The predicted molar refractivity (Wildman–Crippen MR) is 104 cm³/mol. The fourth-order valence-electron chi connectivity index (χ4n) is 2.79. The van der Waals surface area contributed by atoms with Crippen molar-refractivity contribution in [2.24, 2.45) is 0 Å². The highest BCUT2D eigenvalue weighted by Gasteiger charge is 2.26. The minimum Gasteiger partial charge on any atom is -0.496 e. The average Bonchev–Trinajstić information content (AvgIpc) is 2.67. The van der Waals surface area contributed by atoms with Gasteiger partial charge in [-0.1, -0.05) is 22.0 Å². The van der Waals surface area contributed by atoms with E-state index in [1.165, 1.54) is 4.31 Å². The molecule has 6 nitrogen and oxygen atoms in total. The summed E-state index contributed by atoms with van der Waals surface area (Å²) in [5.74, 6) is 0.776. The lowest BCUT2D eigenvalue weighted by atomic mass is 10.2. The third-order valence-corrected chi connectivity index (χ3v) is 6.56. The number of hydrogen-bond donors (Lipinski definition) is 1. The molecule has 0 aliphatic carbocycles. The zero-order valence-corrected chi connectivity index (χ0v) is 16.8. The van der Waals surface area contributed by atoms with Crippen molar-refractivity contribution in [3.63, 3.8) is 0 Å². The van der Waals surface area contributed by atoms with E-state index in [9.17, 15) is 8.42 Å². The summed E-state index contributed by atoms with van der Waals surface area (Å²) in [6, 6.07) is 12.7. The number of methoxy groups -OCH3 is 1. The normalized spacial score (nSPS) is 15.6. The van der Waals surface area contributed by atoms with Gasteiger partial charge in [0.25, 0.3) is 0 Å². The van der Waals surface area contributed by atoms with E-state index in [0.29, 0.717) is 32.8 Å². The largest absolute Gasteiger partial charge is 0.496 e. The average molecular weight is 441 g/mol. The molecular formula is C18H21BrN2O4S. The Morgan fingerprint density at radius 3 is 2.69 bits per heavy atom. The summed E-state index contributed by atoms with van der Waals surface area (Å²) >= 11 is 3.46. The molecule has 3 rings (SSSR count). The van der Waals surface area contributed by atoms with Crippen molar-refractivity contribution in [2.75, 3.05) is 38.7 Å². The Kier molecular flexibility index (Phi) is 6.18. The van der Waals surface area contributed by atoms with Crippen LogP contribution in [0, 0.1) is 0 Å². The van der Waals surface area contributed by atoms with E-state index < -0.39 is 10.0 Å². The van der Waals surface area contributed by atoms with Gasteiger partial charge in [0.1, 0.15) is 5.75 Å². The van der Waals surface area contributed by atoms with Crippen LogP contribution in [0.2, 0.25) is 0 Å². The van der Waals surface area contributed by atoms with Crippen molar-refractivity contribution < 1.29 is 17.9 Å². The Labute approximate surface area is 162 Å². The molecule has 1 heterocycles. The maximum atomic E-state index is 12.8. The monoisotopic (exact) mass is 440 g/mol. The van der Waals surface area contributed by atoms with Crippen molar-refractivity contribution in [3.05, 3.63) is 52.5 Å². The number of nitrogens with zero attached hydrogens (tertiary/aromatic N) is 1. The molecule has 140 valence electrons. The number of ether oxygens (including phenoxy) is 2. The van der Waals surface area contributed by atoms with Crippen LogP contribution in [0.3, 0.4) is 0 Å². The quantitative estimate of drug-likeness (QED) is 0.747. The van der Waals surface area contributed by atoms with Crippen LogP contribution in [0.4, 0.5) is 5.69 Å². The van der Waals surface area contributed by atoms with E-state index in [2.05, 4.69) is 21.2 Å². The van der Waals surface area contributed by atoms with E-state index >= 15 is 0 Å². The molecule has 8 heteroatoms. The molecule has 0 radical (unpaired) electrons. The molecule has 1 saturated heterocycles. The lowest BCUT2D eigenvalue weighted by Crippen LogP contribution is -2.40. The summed E-state index contributed by atoms with van der Waals surface area (Å²) in [5, 5.41) is 3.27. The highest BCUT2D eigenvalue weighted by atomic mass is 79.9. The second-order valence-corrected chi connectivity index (χ2v) is 8.71. The van der Waals surface area contributed by atoms with Crippen molar-refractivity contribution in [2.45, 2.75) is 11.4 Å². The molecule has 1 N–H and O–H groups in total. The van der Waals surface area contributed by atoms with Gasteiger partial charge in [0.2, 0.25) is 10.0 Å². The van der Waals surface area contributed by atoms with Gasteiger partial charge in [0, 0.05) is 35.4 Å². The summed E-state index contributed by atoms with van der Waals surface area (Å²) in [6.45, 7) is 2.15. The first-order chi connectivity index (χ1) is 12.5. The molecule has 0 unspecified atom stereocenters. The Hall–Kier alpha value is -1.61. The summed E-state index contributed by atoms with van der Waals surface area (Å²) in [5.41, 5.74) is 1.71. The van der Waals surface area contributed by atoms with E-state index in [-0.39, 0.29) is 4.90 Å². The van der Waals surface area contributed by atoms with Crippen LogP contribution in [-0.2, 0) is 21.3 Å². The lowest BCUT2D eigenvalue weighted by molar-refractivity contribution is 0.0730. The number of rotatable bonds is 6. The van der Waals surface area contributed by atoms with E-state index in [1.54, 1.807) is 25.3 Å². The topological polar surface area (TPSA) is 67.9 Å². The third-order valence-electron chi connectivity index (χ3n) is 4.17. The van der Waals surface area contributed by atoms with Crippen molar-refractivity contribution >= 4 is 31.6 Å². The Morgan fingerprint density at radius 1 is 1.19 bits per heavy atom. The molecule has 0 spiro atoms. The number of benzene rings is 2. The molecule has 1 aliphatic heterocycles.